The van der Waals surface area contributed by atoms with Gasteiger partial charge in [0.1, 0.15) is 12.4 Å². The van der Waals surface area contributed by atoms with Crippen molar-refractivity contribution in [1.82, 2.24) is 19.5 Å². The molecule has 0 fully saturated rings. The topological polar surface area (TPSA) is 169 Å². The number of nitrogen functional groups attached to an aromatic ring is 1. The molecule has 2 aromatic rings. The number of ether oxygens (including phenoxy) is 1. The van der Waals surface area contributed by atoms with E-state index in [1.54, 1.807) is 6.92 Å². The van der Waals surface area contributed by atoms with E-state index in [2.05, 4.69) is 21.5 Å². The van der Waals surface area contributed by atoms with Crippen LogP contribution in [0.2, 0.25) is 0 Å². The fourth-order valence-electron chi connectivity index (χ4n) is 1.80. The Bertz CT molecular complexity index is 844. The molecule has 24 heavy (non-hydrogen) atoms. The van der Waals surface area contributed by atoms with Gasteiger partial charge in [-0.1, -0.05) is 6.58 Å². The second-order valence-electron chi connectivity index (χ2n) is 4.67. The monoisotopic (exact) mass is 357 g/mol. The molecule has 2 unspecified atom stereocenters. The summed E-state index contributed by atoms with van der Waals surface area (Å²) < 4.78 is 11.5. The van der Waals surface area contributed by atoms with Gasteiger partial charge in [0.25, 0.3) is 5.56 Å². The summed E-state index contributed by atoms with van der Waals surface area (Å²) in [6.45, 7) is 4.83. The minimum atomic E-state index is -0.728. The largest absolute Gasteiger partial charge is 0.505 e. The van der Waals surface area contributed by atoms with Crippen LogP contribution in [0, 0.1) is 0 Å². The van der Waals surface area contributed by atoms with Crippen molar-refractivity contribution in [3.8, 4) is 0 Å². The summed E-state index contributed by atoms with van der Waals surface area (Å²) in [5.41, 5.74) is 4.91. The van der Waals surface area contributed by atoms with Crippen molar-refractivity contribution in [2.24, 2.45) is 0 Å². The fraction of sp³-hybridized carbons (Fsp3) is 0.250. The summed E-state index contributed by atoms with van der Waals surface area (Å²) in [4.78, 5) is 30.6. The molecule has 130 valence electrons. The van der Waals surface area contributed by atoms with E-state index in [-0.39, 0.29) is 29.6 Å². The number of nitrogens with zero attached hydrogens (tertiary/aromatic N) is 3. The van der Waals surface area contributed by atoms with Crippen molar-refractivity contribution in [2.75, 3.05) is 12.3 Å². The molecular formula is C12H16N5O6P. The predicted octanol–water partition coefficient (Wildman–Crippen LogP) is 0.380. The number of rotatable bonds is 7. The molecule has 0 aliphatic carbocycles. The quantitative estimate of drug-likeness (QED) is 0.267. The SMILES string of the molecule is C=C(O)/C(O)=C(/OC(C)COPO)n1cnc2c(=O)[nH]c(N)nc21. The molecule has 0 radical (unpaired) electrons. The summed E-state index contributed by atoms with van der Waals surface area (Å²) in [6, 6.07) is 0. The summed E-state index contributed by atoms with van der Waals surface area (Å²) in [7, 11) is -0.728. The molecule has 0 bridgehead atoms. The van der Waals surface area contributed by atoms with E-state index in [4.69, 9.17) is 19.9 Å². The van der Waals surface area contributed by atoms with Gasteiger partial charge in [0.15, 0.2) is 26.0 Å². The Morgan fingerprint density at radius 2 is 2.29 bits per heavy atom. The normalized spacial score (nSPS) is 14.1. The average molecular weight is 357 g/mol. The van der Waals surface area contributed by atoms with Crippen molar-refractivity contribution in [3.63, 3.8) is 0 Å². The highest BCUT2D eigenvalue weighted by atomic mass is 31.1. The lowest BCUT2D eigenvalue weighted by Gasteiger charge is -2.18. The van der Waals surface area contributed by atoms with E-state index in [0.717, 1.165) is 4.57 Å². The summed E-state index contributed by atoms with van der Waals surface area (Å²) in [5.74, 6) is -1.79. The van der Waals surface area contributed by atoms with Crippen LogP contribution in [0.5, 0.6) is 0 Å². The molecule has 0 saturated heterocycles. The maximum absolute atomic E-state index is 11.8. The molecule has 11 nitrogen and oxygen atoms in total. The smallest absolute Gasteiger partial charge is 0.280 e. The highest BCUT2D eigenvalue weighted by molar-refractivity contribution is 7.24. The van der Waals surface area contributed by atoms with Crippen LogP contribution in [0.3, 0.4) is 0 Å². The van der Waals surface area contributed by atoms with E-state index in [9.17, 15) is 15.0 Å². The molecular weight excluding hydrogens is 341 g/mol. The molecule has 0 aliphatic heterocycles. The number of aliphatic hydroxyl groups excluding tert-OH is 2. The first kappa shape index (κ1) is 17.7. The van der Waals surface area contributed by atoms with Gasteiger partial charge in [-0.15, -0.1) is 0 Å². The lowest BCUT2D eigenvalue weighted by molar-refractivity contribution is 0.107. The zero-order chi connectivity index (χ0) is 17.9. The molecule has 0 amide bonds. The average Bonchev–Trinajstić information content (AvgIpc) is 2.93. The van der Waals surface area contributed by atoms with Crippen LogP contribution < -0.4 is 11.3 Å². The Kier molecular flexibility index (Phi) is 5.39. The van der Waals surface area contributed by atoms with Crippen molar-refractivity contribution < 1.29 is 24.4 Å². The Balaban J connectivity index is 2.55. The van der Waals surface area contributed by atoms with Crippen molar-refractivity contribution >= 4 is 32.0 Å². The molecule has 0 aliphatic rings. The molecule has 0 saturated carbocycles. The van der Waals surface area contributed by atoms with Gasteiger partial charge < -0.3 is 30.1 Å². The molecule has 6 N–H and O–H groups in total. The summed E-state index contributed by atoms with van der Waals surface area (Å²) >= 11 is 0. The zero-order valence-corrected chi connectivity index (χ0v) is 13.6. The number of nitrogens with two attached hydrogens (primary N) is 1. The highest BCUT2D eigenvalue weighted by Crippen LogP contribution is 2.22. The minimum absolute atomic E-state index is 0.00636. The highest BCUT2D eigenvalue weighted by Gasteiger charge is 2.20. The van der Waals surface area contributed by atoms with Crippen LogP contribution in [-0.2, 0) is 9.26 Å². The number of nitrogens with one attached hydrogen (secondary N) is 1. The molecule has 2 atom stereocenters. The van der Waals surface area contributed by atoms with Gasteiger partial charge >= 0.3 is 0 Å². The van der Waals surface area contributed by atoms with Gasteiger partial charge in [-0.3, -0.25) is 9.78 Å². The minimum Gasteiger partial charge on any atom is -0.505 e. The maximum Gasteiger partial charge on any atom is 0.280 e. The van der Waals surface area contributed by atoms with Crippen molar-refractivity contribution in [3.05, 3.63) is 34.8 Å². The Labute approximate surface area is 137 Å². The first-order chi connectivity index (χ1) is 11.3. The third kappa shape index (κ3) is 3.65. The number of aromatic nitrogens is 4. The lowest BCUT2D eigenvalue weighted by Crippen LogP contribution is -2.18. The first-order valence-electron chi connectivity index (χ1n) is 6.57. The van der Waals surface area contributed by atoms with Crippen LogP contribution >= 0.6 is 9.03 Å². The predicted molar refractivity (Wildman–Crippen MR) is 87.2 cm³/mol. The van der Waals surface area contributed by atoms with Gasteiger partial charge in [-0.2, -0.15) is 4.98 Å². The Morgan fingerprint density at radius 3 is 2.92 bits per heavy atom. The van der Waals surface area contributed by atoms with E-state index in [0.29, 0.717) is 0 Å². The lowest BCUT2D eigenvalue weighted by atomic mass is 10.4. The standard InChI is InChI=1S/C12H16N5O6P/c1-5(3-22-24-21)23-11(8(19)6(2)18)17-4-14-7-9(17)15-12(13)16-10(7)20/h4-5,18-19,21,24H,2-3H2,1H3,(H3,13,15,16,20)/b11-8-. The maximum atomic E-state index is 11.8. The zero-order valence-electron chi connectivity index (χ0n) is 12.6. The van der Waals surface area contributed by atoms with Crippen LogP contribution in [-0.4, -0.2) is 47.3 Å². The molecule has 2 heterocycles. The van der Waals surface area contributed by atoms with Gasteiger partial charge in [0.2, 0.25) is 17.6 Å². The number of aliphatic hydroxyl groups is 2. The van der Waals surface area contributed by atoms with Gasteiger partial charge in [0.05, 0.1) is 6.61 Å². The fourth-order valence-corrected chi connectivity index (χ4v) is 2.11. The summed E-state index contributed by atoms with van der Waals surface area (Å²) in [6.07, 6.45) is 0.542. The van der Waals surface area contributed by atoms with Gasteiger partial charge in [-0.05, 0) is 6.92 Å². The van der Waals surface area contributed by atoms with Gasteiger partial charge in [0, 0.05) is 0 Å². The van der Waals surface area contributed by atoms with Crippen molar-refractivity contribution in [1.29, 1.82) is 0 Å². The first-order valence-corrected chi connectivity index (χ1v) is 7.43. The van der Waals surface area contributed by atoms with Crippen LogP contribution in [0.1, 0.15) is 6.92 Å². The van der Waals surface area contributed by atoms with E-state index >= 15 is 0 Å². The number of hydrogen-bond donors (Lipinski definition) is 5. The second-order valence-corrected chi connectivity index (χ2v) is 5.14. The second kappa shape index (κ2) is 7.30. The molecule has 12 heteroatoms. The van der Waals surface area contributed by atoms with E-state index in [1.807, 2.05) is 0 Å². The van der Waals surface area contributed by atoms with Crippen LogP contribution in [0.25, 0.3) is 17.0 Å². The molecule has 0 spiro atoms. The number of H-pyrrole nitrogens is 1. The number of hydrogen-bond acceptors (Lipinski definition) is 9. The van der Waals surface area contributed by atoms with Gasteiger partial charge in [-0.25, -0.2) is 9.55 Å². The third-order valence-electron chi connectivity index (χ3n) is 2.82. The molecule has 2 rings (SSSR count). The number of fused-ring (bicyclic) bond motifs is 1. The van der Waals surface area contributed by atoms with E-state index in [1.165, 1.54) is 6.33 Å². The third-order valence-corrected chi connectivity index (χ3v) is 3.11. The van der Waals surface area contributed by atoms with Crippen molar-refractivity contribution in [2.45, 2.75) is 13.0 Å². The molecule has 2 aromatic heterocycles. The molecule has 0 aromatic carbocycles. The number of anilines is 1. The Morgan fingerprint density at radius 1 is 1.58 bits per heavy atom. The summed E-state index contributed by atoms with van der Waals surface area (Å²) in [5, 5.41) is 19.5. The van der Waals surface area contributed by atoms with E-state index < -0.39 is 32.2 Å². The number of imidazole rings is 1. The Hall–Kier alpha value is -2.62. The number of aromatic amines is 1. The van der Waals surface area contributed by atoms with Crippen LogP contribution in [0.15, 0.2) is 29.2 Å². The van der Waals surface area contributed by atoms with Crippen LogP contribution in [0.4, 0.5) is 5.95 Å².